The molecule has 2 aliphatic carbocycles. The second-order valence-corrected chi connectivity index (χ2v) is 10.2. The van der Waals surface area contributed by atoms with E-state index in [0.29, 0.717) is 29.6 Å². The average Bonchev–Trinajstić information content (AvgIpc) is 3.61. The van der Waals surface area contributed by atoms with E-state index >= 15 is 0 Å². The number of rotatable bonds is 10. The van der Waals surface area contributed by atoms with Gasteiger partial charge in [-0.1, -0.05) is 17.7 Å². The zero-order valence-electron chi connectivity index (χ0n) is 19.6. The topological polar surface area (TPSA) is 82.9 Å². The standard InChI is InChI=1S/C26H34ClN5O/c1-18(15-33-2)31-20-8-6-19(7-9-20)12-21-13-22(23(27)14-29-21)24-4-3-5-25(32-24)30-17-26(16-28)10-11-26/h3-5,13-14,18-20,31H,6-12,15,17H2,1-2H3,(H,30,32)/t18-,19?,20?/m1/s1. The molecule has 4 rings (SSSR count). The maximum Gasteiger partial charge on any atom is 0.126 e. The average molecular weight is 468 g/mol. The quantitative estimate of drug-likeness (QED) is 0.497. The van der Waals surface area contributed by atoms with Crippen LogP contribution in [0.25, 0.3) is 11.3 Å². The predicted octanol–water partition coefficient (Wildman–Crippen LogP) is 5.24. The predicted molar refractivity (Wildman–Crippen MR) is 132 cm³/mol. The second kappa shape index (κ2) is 10.8. The van der Waals surface area contributed by atoms with Crippen molar-refractivity contribution in [3.63, 3.8) is 0 Å². The minimum absolute atomic E-state index is 0.213. The Morgan fingerprint density at radius 3 is 2.76 bits per heavy atom. The summed E-state index contributed by atoms with van der Waals surface area (Å²) in [6.45, 7) is 3.57. The fourth-order valence-corrected chi connectivity index (χ4v) is 4.94. The van der Waals surface area contributed by atoms with Crippen LogP contribution in [0.2, 0.25) is 5.02 Å². The van der Waals surface area contributed by atoms with Crippen LogP contribution in [0, 0.1) is 22.7 Å². The number of halogens is 1. The fourth-order valence-electron chi connectivity index (χ4n) is 4.74. The first-order valence-electron chi connectivity index (χ1n) is 12.0. The van der Waals surface area contributed by atoms with Crippen molar-refractivity contribution >= 4 is 17.4 Å². The number of aromatic nitrogens is 2. The lowest BCUT2D eigenvalue weighted by Crippen LogP contribution is -2.41. The molecule has 0 unspecified atom stereocenters. The highest BCUT2D eigenvalue weighted by Gasteiger charge is 2.42. The Hall–Kier alpha value is -2.20. The van der Waals surface area contributed by atoms with Crippen molar-refractivity contribution < 1.29 is 4.74 Å². The van der Waals surface area contributed by atoms with Crippen LogP contribution in [0.1, 0.15) is 51.1 Å². The smallest absolute Gasteiger partial charge is 0.126 e. The van der Waals surface area contributed by atoms with Gasteiger partial charge < -0.3 is 15.4 Å². The summed E-state index contributed by atoms with van der Waals surface area (Å²) in [5, 5.41) is 16.9. The molecular formula is C26H34ClN5O. The molecule has 0 spiro atoms. The fraction of sp³-hybridized carbons (Fsp3) is 0.577. The summed E-state index contributed by atoms with van der Waals surface area (Å²) in [7, 11) is 1.75. The molecule has 1 atom stereocenters. The molecule has 2 saturated carbocycles. The molecule has 2 aromatic rings. The van der Waals surface area contributed by atoms with Crippen molar-refractivity contribution in [3.8, 4) is 17.3 Å². The molecule has 0 aromatic carbocycles. The summed E-state index contributed by atoms with van der Waals surface area (Å²) >= 11 is 6.52. The van der Waals surface area contributed by atoms with Gasteiger partial charge in [0.25, 0.3) is 0 Å². The van der Waals surface area contributed by atoms with E-state index in [2.05, 4.69) is 34.7 Å². The molecule has 0 bridgehead atoms. The molecule has 6 nitrogen and oxygen atoms in total. The van der Waals surface area contributed by atoms with E-state index < -0.39 is 0 Å². The summed E-state index contributed by atoms with van der Waals surface area (Å²) in [6.07, 6.45) is 9.43. The van der Waals surface area contributed by atoms with Crippen molar-refractivity contribution in [2.45, 2.75) is 64.0 Å². The molecule has 33 heavy (non-hydrogen) atoms. The van der Waals surface area contributed by atoms with Crippen LogP contribution in [0.15, 0.2) is 30.5 Å². The van der Waals surface area contributed by atoms with Crippen molar-refractivity contribution in [1.82, 2.24) is 15.3 Å². The van der Waals surface area contributed by atoms with E-state index in [0.717, 1.165) is 48.6 Å². The minimum atomic E-state index is -0.213. The lowest BCUT2D eigenvalue weighted by Gasteiger charge is -2.31. The van der Waals surface area contributed by atoms with E-state index in [1.54, 1.807) is 13.3 Å². The van der Waals surface area contributed by atoms with Gasteiger partial charge in [-0.25, -0.2) is 4.98 Å². The Bertz CT molecular complexity index is 979. The van der Waals surface area contributed by atoms with Crippen molar-refractivity contribution in [1.29, 1.82) is 5.26 Å². The van der Waals surface area contributed by atoms with Gasteiger partial charge in [0.1, 0.15) is 5.82 Å². The molecule has 0 saturated heterocycles. The Balaban J connectivity index is 1.37. The van der Waals surface area contributed by atoms with E-state index in [1.807, 2.05) is 18.2 Å². The van der Waals surface area contributed by atoms with Crippen LogP contribution in [0.5, 0.6) is 0 Å². The Labute approximate surface area is 202 Å². The van der Waals surface area contributed by atoms with Gasteiger partial charge in [0.15, 0.2) is 0 Å². The second-order valence-electron chi connectivity index (χ2n) is 9.75. The normalized spacial score (nSPS) is 22.4. The Morgan fingerprint density at radius 2 is 2.06 bits per heavy atom. The lowest BCUT2D eigenvalue weighted by molar-refractivity contribution is 0.158. The third-order valence-electron chi connectivity index (χ3n) is 6.92. The number of methoxy groups -OCH3 is 1. The first-order chi connectivity index (χ1) is 16.0. The SMILES string of the molecule is COC[C@@H](C)NC1CCC(Cc2cc(-c3cccc(NCC4(C#N)CC4)n3)c(Cl)cn2)CC1. The van der Waals surface area contributed by atoms with Crippen molar-refractivity contribution in [2.24, 2.45) is 11.3 Å². The van der Waals surface area contributed by atoms with E-state index in [4.69, 9.17) is 21.3 Å². The van der Waals surface area contributed by atoms with Crippen molar-refractivity contribution in [3.05, 3.63) is 41.2 Å². The summed E-state index contributed by atoms with van der Waals surface area (Å²) in [6, 6.07) is 11.4. The Kier molecular flexibility index (Phi) is 7.85. The third kappa shape index (κ3) is 6.44. The zero-order valence-corrected chi connectivity index (χ0v) is 20.4. The number of nitrogens with one attached hydrogen (secondary N) is 2. The monoisotopic (exact) mass is 467 g/mol. The van der Waals surface area contributed by atoms with E-state index in [1.165, 1.54) is 25.7 Å². The van der Waals surface area contributed by atoms with E-state index in [9.17, 15) is 5.26 Å². The number of ether oxygens (including phenoxy) is 1. The van der Waals surface area contributed by atoms with Gasteiger partial charge in [0, 0.05) is 43.2 Å². The molecule has 7 heteroatoms. The van der Waals surface area contributed by atoms with Crippen LogP contribution in [-0.4, -0.2) is 42.3 Å². The van der Waals surface area contributed by atoms with Gasteiger partial charge in [-0.05, 0) is 76.0 Å². The largest absolute Gasteiger partial charge is 0.383 e. The molecule has 0 aliphatic heterocycles. The highest BCUT2D eigenvalue weighted by molar-refractivity contribution is 6.33. The van der Waals surface area contributed by atoms with Gasteiger partial charge in [0.05, 0.1) is 28.8 Å². The summed E-state index contributed by atoms with van der Waals surface area (Å²) in [5.41, 5.74) is 2.60. The van der Waals surface area contributed by atoms with Gasteiger partial charge in [-0.15, -0.1) is 0 Å². The molecule has 2 fully saturated rings. The lowest BCUT2D eigenvalue weighted by atomic mass is 9.83. The Morgan fingerprint density at radius 1 is 1.27 bits per heavy atom. The highest BCUT2D eigenvalue weighted by atomic mass is 35.5. The van der Waals surface area contributed by atoms with Gasteiger partial charge >= 0.3 is 0 Å². The molecule has 2 N–H and O–H groups in total. The first-order valence-corrected chi connectivity index (χ1v) is 12.4. The molecule has 0 amide bonds. The number of hydrogen-bond donors (Lipinski definition) is 2. The summed E-state index contributed by atoms with van der Waals surface area (Å²) in [4.78, 5) is 9.38. The van der Waals surface area contributed by atoms with E-state index in [-0.39, 0.29) is 5.41 Å². The third-order valence-corrected chi connectivity index (χ3v) is 7.22. The van der Waals surface area contributed by atoms with Crippen LogP contribution in [0.3, 0.4) is 0 Å². The molecule has 2 aliphatic rings. The molecule has 176 valence electrons. The maximum absolute atomic E-state index is 9.30. The summed E-state index contributed by atoms with van der Waals surface area (Å²) in [5.74, 6) is 1.42. The number of anilines is 1. The maximum atomic E-state index is 9.30. The number of nitriles is 1. The zero-order chi connectivity index (χ0) is 23.3. The van der Waals surface area contributed by atoms with Gasteiger partial charge in [-0.3, -0.25) is 4.98 Å². The van der Waals surface area contributed by atoms with Gasteiger partial charge in [0.2, 0.25) is 0 Å². The van der Waals surface area contributed by atoms with Gasteiger partial charge in [-0.2, -0.15) is 5.26 Å². The van der Waals surface area contributed by atoms with Crippen LogP contribution in [0.4, 0.5) is 5.82 Å². The number of nitrogens with zero attached hydrogens (tertiary/aromatic N) is 3. The molecule has 2 heterocycles. The minimum Gasteiger partial charge on any atom is -0.383 e. The van der Waals surface area contributed by atoms with Crippen LogP contribution < -0.4 is 10.6 Å². The molecular weight excluding hydrogens is 434 g/mol. The molecule has 0 radical (unpaired) electrons. The van der Waals surface area contributed by atoms with Crippen LogP contribution in [-0.2, 0) is 11.2 Å². The van der Waals surface area contributed by atoms with Crippen molar-refractivity contribution in [2.75, 3.05) is 25.6 Å². The number of pyridine rings is 2. The highest BCUT2D eigenvalue weighted by Crippen LogP contribution is 2.44. The molecule has 2 aromatic heterocycles. The first kappa shape index (κ1) is 23.9. The summed E-state index contributed by atoms with van der Waals surface area (Å²) < 4.78 is 5.24. The number of hydrogen-bond acceptors (Lipinski definition) is 6. The van der Waals surface area contributed by atoms with Crippen LogP contribution >= 0.6 is 11.6 Å².